The van der Waals surface area contributed by atoms with Crippen molar-refractivity contribution in [1.82, 2.24) is 9.13 Å². The van der Waals surface area contributed by atoms with E-state index in [0.29, 0.717) is 0 Å². The molecule has 0 N–H and O–H groups in total. The fraction of sp³-hybridized carbons (Fsp3) is 0. The van der Waals surface area contributed by atoms with Crippen LogP contribution in [0.1, 0.15) is 0 Å². The molecule has 0 saturated carbocycles. The van der Waals surface area contributed by atoms with Gasteiger partial charge in [0.1, 0.15) is 11.5 Å². The molecule has 438 valence electrons. The Morgan fingerprint density at radius 2 is 0.649 bits per heavy atom. The molecule has 0 unspecified atom stereocenters. The lowest BCUT2D eigenvalue weighted by Crippen LogP contribution is -2.64. The van der Waals surface area contributed by atoms with Crippen LogP contribution in [0.4, 0.5) is 51.2 Å². The molecule has 0 atom stereocenters. The Labute approximate surface area is 548 Å². The normalized spacial score (nSPS) is 13.2. The van der Waals surface area contributed by atoms with Crippen LogP contribution >= 0.6 is 11.8 Å². The number of nitrogens with zero attached hydrogens (tertiary/aromatic N) is 5. The highest BCUT2D eigenvalue weighted by Gasteiger charge is 2.48. The highest BCUT2D eigenvalue weighted by Crippen LogP contribution is 2.51. The van der Waals surface area contributed by atoms with E-state index < -0.39 is 0 Å². The van der Waals surface area contributed by atoms with Crippen molar-refractivity contribution in [1.29, 1.82) is 0 Å². The van der Waals surface area contributed by atoms with E-state index in [9.17, 15) is 0 Å². The first-order chi connectivity index (χ1) is 46.7. The highest BCUT2D eigenvalue weighted by atomic mass is 32.2. The van der Waals surface area contributed by atoms with Gasteiger partial charge in [0.05, 0.1) is 22.1 Å². The Morgan fingerprint density at radius 3 is 1.17 bits per heavy atom. The fourth-order valence-electron chi connectivity index (χ4n) is 15.9. The lowest BCUT2D eigenvalue weighted by Gasteiger charge is -2.46. The zero-order valence-corrected chi connectivity index (χ0v) is 51.5. The minimum atomic E-state index is -0.177. The second kappa shape index (κ2) is 20.8. The lowest BCUT2D eigenvalue weighted by atomic mass is 9.30. The fourth-order valence-corrected chi connectivity index (χ4v) is 17.0. The predicted molar refractivity (Wildman–Crippen MR) is 392 cm³/mol. The Hall–Kier alpha value is -11.8. The maximum atomic E-state index is 7.60. The van der Waals surface area contributed by atoms with Gasteiger partial charge in [0.25, 0.3) is 6.71 Å². The maximum absolute atomic E-state index is 7.60. The van der Waals surface area contributed by atoms with Crippen molar-refractivity contribution < 1.29 is 9.47 Å². The molecular weight excluding hydrogens is 1160 g/mol. The molecule has 4 aliphatic rings. The summed E-state index contributed by atoms with van der Waals surface area (Å²) in [7, 11) is 0. The molecule has 0 spiro atoms. The molecule has 94 heavy (non-hydrogen) atoms. The van der Waals surface area contributed by atoms with Crippen molar-refractivity contribution in [2.75, 3.05) is 14.7 Å². The monoisotopic (exact) mass is 1220 g/mol. The molecule has 10 heteroatoms. The summed E-state index contributed by atoms with van der Waals surface area (Å²) in [4.78, 5) is 9.89. The van der Waals surface area contributed by atoms with Gasteiger partial charge in [0.15, 0.2) is 11.5 Å². The third-order valence-electron chi connectivity index (χ3n) is 19.6. The molecule has 7 nitrogen and oxygen atoms in total. The van der Waals surface area contributed by atoms with Gasteiger partial charge >= 0.3 is 0 Å². The Morgan fingerprint density at radius 1 is 0.255 bits per heavy atom. The summed E-state index contributed by atoms with van der Waals surface area (Å²) in [5, 5.41) is 4.60. The SMILES string of the molecule is c1ccc(N2c3cc4c(cc3B3c5ccccc5Sc5cc(Oc6cccc7c8ccccc8n(-c8ccccc8)c67)cc2c53)B2c3ccccc3N(c3ccccc3)c3cc(Oc5cccc6c7ccccc7n(-c7ccccc7)c56)cc(c32)N4c2ccccc2)cc1. The lowest BCUT2D eigenvalue weighted by molar-refractivity contribution is 0.485. The molecular formula is C84H53B2N5O2S. The van der Waals surface area contributed by atoms with Gasteiger partial charge < -0.3 is 33.3 Å². The third kappa shape index (κ3) is 7.90. The van der Waals surface area contributed by atoms with Crippen molar-refractivity contribution in [3.8, 4) is 34.4 Å². The van der Waals surface area contributed by atoms with Crippen LogP contribution in [0.15, 0.2) is 331 Å². The number of fused-ring (bicyclic) bond motifs is 14. The van der Waals surface area contributed by atoms with Crippen LogP contribution in [0.25, 0.3) is 55.0 Å². The molecule has 2 aromatic heterocycles. The second-order valence-corrected chi connectivity index (χ2v) is 25.7. The van der Waals surface area contributed by atoms with Crippen LogP contribution in [0.5, 0.6) is 23.0 Å². The van der Waals surface area contributed by atoms with Crippen molar-refractivity contribution in [2.24, 2.45) is 0 Å². The predicted octanol–water partition coefficient (Wildman–Crippen LogP) is 18.3. The quantitative estimate of drug-likeness (QED) is 0.134. The Bertz CT molecular complexity index is 5770. The maximum Gasteiger partial charge on any atom is 0.252 e. The average Bonchev–Trinajstić information content (AvgIpc) is 0.928. The molecule has 4 aliphatic heterocycles. The largest absolute Gasteiger partial charge is 0.455 e. The number of aromatic nitrogens is 2. The van der Waals surface area contributed by atoms with Gasteiger partial charge in [-0.2, -0.15) is 0 Å². The minimum absolute atomic E-state index is 0.114. The van der Waals surface area contributed by atoms with Crippen LogP contribution in [0.3, 0.4) is 0 Å². The second-order valence-electron chi connectivity index (χ2n) is 24.7. The first-order valence-corrected chi connectivity index (χ1v) is 32.9. The summed E-state index contributed by atoms with van der Waals surface area (Å²) in [5.41, 5.74) is 23.6. The number of hydrogen-bond donors (Lipinski definition) is 0. The summed E-state index contributed by atoms with van der Waals surface area (Å²) < 4.78 is 19.8. The van der Waals surface area contributed by atoms with Crippen LogP contribution < -0.4 is 57.0 Å². The smallest absolute Gasteiger partial charge is 0.252 e. The zero-order chi connectivity index (χ0) is 61.5. The van der Waals surface area contributed by atoms with Gasteiger partial charge in [-0.3, -0.25) is 0 Å². The Balaban J connectivity index is 0.836. The van der Waals surface area contributed by atoms with Crippen LogP contribution in [-0.2, 0) is 0 Å². The number of para-hydroxylation sites is 10. The number of ether oxygens (including phenoxy) is 2. The van der Waals surface area contributed by atoms with E-state index in [1.165, 1.54) is 53.3 Å². The van der Waals surface area contributed by atoms with E-state index in [0.717, 1.165) is 118 Å². The number of anilines is 9. The van der Waals surface area contributed by atoms with E-state index in [1.807, 2.05) is 11.8 Å². The summed E-state index contributed by atoms with van der Waals surface area (Å²) in [5.74, 6) is 3.04. The molecule has 14 aromatic carbocycles. The molecule has 0 saturated heterocycles. The van der Waals surface area contributed by atoms with Gasteiger partial charge in [0.2, 0.25) is 6.71 Å². The summed E-state index contributed by atoms with van der Waals surface area (Å²) in [6.07, 6.45) is 0. The Kier molecular flexibility index (Phi) is 11.7. The molecule has 0 aliphatic carbocycles. The van der Waals surface area contributed by atoms with Gasteiger partial charge in [0, 0.05) is 112 Å². The first-order valence-electron chi connectivity index (χ1n) is 32.1. The molecule has 0 bridgehead atoms. The van der Waals surface area contributed by atoms with Crippen LogP contribution in [0.2, 0.25) is 0 Å². The van der Waals surface area contributed by atoms with E-state index >= 15 is 0 Å². The van der Waals surface area contributed by atoms with Crippen LogP contribution in [-0.4, -0.2) is 22.6 Å². The molecule has 0 amide bonds. The molecule has 0 fully saturated rings. The summed E-state index contributed by atoms with van der Waals surface area (Å²) >= 11 is 1.84. The van der Waals surface area contributed by atoms with Gasteiger partial charge in [-0.05, 0) is 137 Å². The van der Waals surface area contributed by atoms with Crippen molar-refractivity contribution in [3.05, 3.63) is 322 Å². The molecule has 20 rings (SSSR count). The summed E-state index contributed by atoms with van der Waals surface area (Å²) in [6.45, 7) is -0.291. The first kappa shape index (κ1) is 52.9. The molecule has 0 radical (unpaired) electrons. The minimum Gasteiger partial charge on any atom is -0.455 e. The van der Waals surface area contributed by atoms with E-state index in [4.69, 9.17) is 9.47 Å². The zero-order valence-electron chi connectivity index (χ0n) is 50.7. The van der Waals surface area contributed by atoms with E-state index in [-0.39, 0.29) is 13.4 Å². The molecule has 16 aromatic rings. The number of benzene rings is 14. The van der Waals surface area contributed by atoms with Gasteiger partial charge in [-0.25, -0.2) is 0 Å². The van der Waals surface area contributed by atoms with Crippen molar-refractivity contribution >= 4 is 153 Å². The van der Waals surface area contributed by atoms with E-state index in [2.05, 4.69) is 345 Å². The highest BCUT2D eigenvalue weighted by molar-refractivity contribution is 8.00. The third-order valence-corrected chi connectivity index (χ3v) is 20.7. The summed E-state index contributed by atoms with van der Waals surface area (Å²) in [6, 6.07) is 117. The average molecular weight is 1220 g/mol. The number of rotatable bonds is 9. The number of hydrogen-bond acceptors (Lipinski definition) is 6. The van der Waals surface area contributed by atoms with Crippen molar-refractivity contribution in [2.45, 2.75) is 9.79 Å². The van der Waals surface area contributed by atoms with E-state index in [1.54, 1.807) is 0 Å². The molecule has 6 heterocycles. The standard InChI is InChI=1S/C84H53B2N5O2S/c1-6-26-54(27-7-1)87-71-44-22-18-40-65(71)85-67-52-68-73(53-72(67)88(55-28-8-2-9-29-55)75-49-59(48-74(87)81(75)85)92-77-45-24-38-63-61-36-16-20-42-69(61)90(83(63)77)57-32-12-4-13-33-57)89(56-30-10-3-11-31-56)76-50-60(51-80-82(76)86(68)66-41-19-23-47-79(66)94-80)93-78-46-25-39-64-62-37-17-21-43-70(62)91(84(64)78)58-34-14-5-15-35-58/h1-53H. The van der Waals surface area contributed by atoms with Gasteiger partial charge in [-0.15, -0.1) is 0 Å². The topological polar surface area (TPSA) is 38.0 Å². The van der Waals surface area contributed by atoms with Crippen LogP contribution in [0, 0.1) is 0 Å². The van der Waals surface area contributed by atoms with Gasteiger partial charge in [-0.1, -0.05) is 211 Å². The van der Waals surface area contributed by atoms with Crippen molar-refractivity contribution in [3.63, 3.8) is 0 Å².